The summed E-state index contributed by atoms with van der Waals surface area (Å²) in [5.74, 6) is -0.165. The fourth-order valence-corrected chi connectivity index (χ4v) is 3.22. The molecule has 0 saturated heterocycles. The van der Waals surface area contributed by atoms with E-state index >= 15 is 0 Å². The van der Waals surface area contributed by atoms with Crippen molar-refractivity contribution in [3.8, 4) is 0 Å². The molecule has 1 unspecified atom stereocenters. The molecule has 1 N–H and O–H groups in total. The first kappa shape index (κ1) is 15.1. The van der Waals surface area contributed by atoms with Gasteiger partial charge in [0.15, 0.2) is 0 Å². The molecule has 108 valence electrons. The van der Waals surface area contributed by atoms with Crippen LogP contribution in [-0.2, 0) is 12.8 Å². The molecule has 0 fully saturated rings. The van der Waals surface area contributed by atoms with Crippen molar-refractivity contribution < 1.29 is 4.39 Å². The van der Waals surface area contributed by atoms with Crippen LogP contribution in [0.15, 0.2) is 23.6 Å². The van der Waals surface area contributed by atoms with Crippen molar-refractivity contribution in [2.75, 3.05) is 6.54 Å². The van der Waals surface area contributed by atoms with Crippen LogP contribution in [0.3, 0.4) is 0 Å². The van der Waals surface area contributed by atoms with Crippen LogP contribution in [0.25, 0.3) is 0 Å². The highest BCUT2D eigenvalue weighted by molar-refractivity contribution is 7.09. The molecule has 0 amide bonds. The average molecular weight is 292 g/mol. The fraction of sp³-hybridized carbons (Fsp3) is 0.438. The van der Waals surface area contributed by atoms with E-state index < -0.39 is 0 Å². The van der Waals surface area contributed by atoms with Crippen molar-refractivity contribution in [3.63, 3.8) is 0 Å². The molecule has 2 aromatic rings. The highest BCUT2D eigenvalue weighted by atomic mass is 32.1. The summed E-state index contributed by atoms with van der Waals surface area (Å²) in [5.41, 5.74) is 3.30. The van der Waals surface area contributed by atoms with Gasteiger partial charge in [-0.15, -0.1) is 11.3 Å². The molecule has 1 atom stereocenters. The number of hydrogen-bond donors (Lipinski definition) is 1. The van der Waals surface area contributed by atoms with Gasteiger partial charge >= 0.3 is 0 Å². The van der Waals surface area contributed by atoms with Crippen LogP contribution >= 0.6 is 11.3 Å². The lowest BCUT2D eigenvalue weighted by Crippen LogP contribution is -2.33. The summed E-state index contributed by atoms with van der Waals surface area (Å²) < 4.78 is 13.2. The number of nitrogens with zero attached hydrogens (tertiary/aromatic N) is 1. The van der Waals surface area contributed by atoms with E-state index in [9.17, 15) is 4.39 Å². The topological polar surface area (TPSA) is 24.9 Å². The second-order valence-electron chi connectivity index (χ2n) is 5.12. The molecular formula is C16H21FN2S. The number of rotatable bonds is 6. The zero-order chi connectivity index (χ0) is 14.5. The quantitative estimate of drug-likeness (QED) is 0.879. The van der Waals surface area contributed by atoms with Crippen LogP contribution in [0.2, 0.25) is 0 Å². The number of thiazole rings is 1. The second kappa shape index (κ2) is 6.95. The molecule has 1 aromatic heterocycles. The van der Waals surface area contributed by atoms with E-state index in [1.54, 1.807) is 23.5 Å². The van der Waals surface area contributed by atoms with Crippen LogP contribution in [0.1, 0.15) is 28.8 Å². The molecule has 0 saturated carbocycles. The number of benzene rings is 1. The van der Waals surface area contributed by atoms with E-state index in [0.717, 1.165) is 35.7 Å². The van der Waals surface area contributed by atoms with Crippen molar-refractivity contribution in [3.05, 3.63) is 51.2 Å². The summed E-state index contributed by atoms with van der Waals surface area (Å²) >= 11 is 1.71. The van der Waals surface area contributed by atoms with Gasteiger partial charge in [0.25, 0.3) is 0 Å². The van der Waals surface area contributed by atoms with Crippen LogP contribution in [0.4, 0.5) is 4.39 Å². The maximum absolute atomic E-state index is 13.2. The predicted molar refractivity (Wildman–Crippen MR) is 82.9 cm³/mol. The minimum atomic E-state index is -0.165. The molecule has 0 spiro atoms. The Morgan fingerprint density at radius 2 is 2.10 bits per heavy atom. The van der Waals surface area contributed by atoms with Gasteiger partial charge < -0.3 is 5.32 Å². The molecule has 1 heterocycles. The monoisotopic (exact) mass is 292 g/mol. The van der Waals surface area contributed by atoms with Crippen LogP contribution in [0.5, 0.6) is 0 Å². The Morgan fingerprint density at radius 3 is 2.70 bits per heavy atom. The molecule has 4 heteroatoms. The highest BCUT2D eigenvalue weighted by Crippen LogP contribution is 2.16. The van der Waals surface area contributed by atoms with E-state index in [0.29, 0.717) is 6.04 Å². The Balaban J connectivity index is 2.08. The third-order valence-corrected chi connectivity index (χ3v) is 4.34. The predicted octanol–water partition coefficient (Wildman–Crippen LogP) is 3.66. The molecule has 0 radical (unpaired) electrons. The Bertz CT molecular complexity index is 565. The van der Waals surface area contributed by atoms with E-state index in [1.807, 2.05) is 19.9 Å². The Morgan fingerprint density at radius 1 is 1.30 bits per heavy atom. The molecule has 0 bridgehead atoms. The van der Waals surface area contributed by atoms with Crippen molar-refractivity contribution in [2.24, 2.45) is 0 Å². The molecule has 0 aliphatic carbocycles. The lowest BCUT2D eigenvalue weighted by Gasteiger charge is -2.18. The zero-order valence-corrected chi connectivity index (χ0v) is 13.1. The van der Waals surface area contributed by atoms with Gasteiger partial charge in [-0.3, -0.25) is 0 Å². The van der Waals surface area contributed by atoms with Crippen molar-refractivity contribution in [2.45, 2.75) is 39.7 Å². The summed E-state index contributed by atoms with van der Waals surface area (Å²) in [5, 5.41) is 6.75. The third kappa shape index (κ3) is 4.12. The van der Waals surface area contributed by atoms with Crippen LogP contribution in [0, 0.1) is 19.7 Å². The number of aromatic nitrogens is 1. The smallest absolute Gasteiger partial charge is 0.123 e. The van der Waals surface area contributed by atoms with E-state index in [1.165, 1.54) is 5.56 Å². The van der Waals surface area contributed by atoms with E-state index in [2.05, 4.69) is 22.6 Å². The number of hydrogen-bond acceptors (Lipinski definition) is 3. The lowest BCUT2D eigenvalue weighted by molar-refractivity contribution is 0.518. The number of aryl methyl sites for hydroxylation is 2. The van der Waals surface area contributed by atoms with Crippen molar-refractivity contribution >= 4 is 11.3 Å². The molecule has 20 heavy (non-hydrogen) atoms. The molecule has 0 aliphatic heterocycles. The third-order valence-electron chi connectivity index (χ3n) is 3.35. The van der Waals surface area contributed by atoms with E-state index in [-0.39, 0.29) is 5.82 Å². The van der Waals surface area contributed by atoms with Gasteiger partial charge in [-0.05, 0) is 50.1 Å². The minimum Gasteiger partial charge on any atom is -0.314 e. The van der Waals surface area contributed by atoms with Gasteiger partial charge in [0.05, 0.1) is 5.01 Å². The highest BCUT2D eigenvalue weighted by Gasteiger charge is 2.13. The maximum atomic E-state index is 13.2. The fourth-order valence-electron chi connectivity index (χ4n) is 2.37. The number of likely N-dealkylation sites (N-methyl/N-ethyl adjacent to an activating group) is 1. The maximum Gasteiger partial charge on any atom is 0.123 e. The molecular weight excluding hydrogens is 271 g/mol. The van der Waals surface area contributed by atoms with Crippen LogP contribution in [-0.4, -0.2) is 17.6 Å². The van der Waals surface area contributed by atoms with Crippen molar-refractivity contribution in [1.82, 2.24) is 10.3 Å². The van der Waals surface area contributed by atoms with Gasteiger partial charge in [-0.2, -0.15) is 0 Å². The number of halogens is 1. The van der Waals surface area contributed by atoms with E-state index in [4.69, 9.17) is 0 Å². The molecule has 0 aliphatic rings. The average Bonchev–Trinajstić information content (AvgIpc) is 2.78. The molecule has 2 nitrogen and oxygen atoms in total. The minimum absolute atomic E-state index is 0.165. The largest absolute Gasteiger partial charge is 0.314 e. The van der Waals surface area contributed by atoms with Gasteiger partial charge in [-0.1, -0.05) is 13.0 Å². The normalized spacial score (nSPS) is 12.6. The van der Waals surface area contributed by atoms with Crippen LogP contribution < -0.4 is 5.32 Å². The Kier molecular flexibility index (Phi) is 5.26. The summed E-state index contributed by atoms with van der Waals surface area (Å²) in [6.45, 7) is 7.02. The Hall–Kier alpha value is -1.26. The SMILES string of the molecule is CCNC(Cc1nc(C)cs1)Cc1ccc(F)cc1C. The standard InChI is InChI=1S/C16H21FN2S/c1-4-18-15(9-16-19-12(3)10-20-16)8-13-5-6-14(17)7-11(13)2/h5-7,10,15,18H,4,8-9H2,1-3H3. The first-order valence-corrected chi connectivity index (χ1v) is 7.86. The lowest BCUT2D eigenvalue weighted by atomic mass is 9.99. The molecule has 2 rings (SSSR count). The van der Waals surface area contributed by atoms with Gasteiger partial charge in [0.1, 0.15) is 5.82 Å². The second-order valence-corrected chi connectivity index (χ2v) is 6.06. The summed E-state index contributed by atoms with van der Waals surface area (Å²) in [7, 11) is 0. The Labute approximate surface area is 124 Å². The van der Waals surface area contributed by atoms with Gasteiger partial charge in [0, 0.05) is 23.5 Å². The number of nitrogens with one attached hydrogen (secondary N) is 1. The van der Waals surface area contributed by atoms with Crippen molar-refractivity contribution in [1.29, 1.82) is 0 Å². The first-order chi connectivity index (χ1) is 9.58. The zero-order valence-electron chi connectivity index (χ0n) is 12.2. The summed E-state index contributed by atoms with van der Waals surface area (Å²) in [6, 6.07) is 5.38. The summed E-state index contributed by atoms with van der Waals surface area (Å²) in [4.78, 5) is 4.53. The first-order valence-electron chi connectivity index (χ1n) is 6.98. The summed E-state index contributed by atoms with van der Waals surface area (Å²) in [6.07, 6.45) is 1.82. The van der Waals surface area contributed by atoms with Gasteiger partial charge in [0.2, 0.25) is 0 Å². The van der Waals surface area contributed by atoms with Gasteiger partial charge in [-0.25, -0.2) is 9.37 Å². The molecule has 1 aromatic carbocycles.